The lowest BCUT2D eigenvalue weighted by atomic mass is 9.96. The Hall–Kier alpha value is -3.15. The lowest BCUT2D eigenvalue weighted by Crippen LogP contribution is -2.44. The number of anilines is 1. The van der Waals surface area contributed by atoms with Crippen LogP contribution in [0.4, 0.5) is 5.69 Å². The van der Waals surface area contributed by atoms with Crippen molar-refractivity contribution in [2.75, 3.05) is 25.5 Å². The summed E-state index contributed by atoms with van der Waals surface area (Å²) in [6.45, 7) is 2.93. The highest BCUT2D eigenvalue weighted by Crippen LogP contribution is 2.21. The van der Waals surface area contributed by atoms with Gasteiger partial charge in [-0.15, -0.1) is 0 Å². The highest BCUT2D eigenvalue weighted by molar-refractivity contribution is 6.06. The average molecular weight is 379 g/mol. The molecule has 0 saturated carbocycles. The summed E-state index contributed by atoms with van der Waals surface area (Å²) >= 11 is 0. The molecular weight excluding hydrogens is 354 g/mol. The minimum absolute atomic E-state index is 0.0308. The second-order valence-corrected chi connectivity index (χ2v) is 7.05. The zero-order valence-corrected chi connectivity index (χ0v) is 16.2. The molecule has 0 aliphatic carbocycles. The number of rotatable bonds is 4. The zero-order valence-electron chi connectivity index (χ0n) is 16.2. The topological polar surface area (TPSA) is 78.5 Å². The summed E-state index contributed by atoms with van der Waals surface area (Å²) in [7, 11) is 1.61. The summed E-state index contributed by atoms with van der Waals surface area (Å²) < 4.78 is 0. The number of amides is 3. The quantitative estimate of drug-likeness (QED) is 0.857. The normalized spacial score (nSPS) is 16.4. The fourth-order valence-corrected chi connectivity index (χ4v) is 3.52. The fourth-order valence-electron chi connectivity index (χ4n) is 3.52. The van der Waals surface area contributed by atoms with Crippen molar-refractivity contribution >= 4 is 23.4 Å². The Morgan fingerprint density at radius 3 is 2.61 bits per heavy atom. The van der Waals surface area contributed by atoms with Crippen LogP contribution in [0.3, 0.4) is 0 Å². The molecule has 0 bridgehead atoms. The summed E-state index contributed by atoms with van der Waals surface area (Å²) in [5, 5.41) is 5.52. The average Bonchev–Trinajstić information content (AvgIpc) is 2.73. The summed E-state index contributed by atoms with van der Waals surface area (Å²) in [5.41, 5.74) is 2.56. The maximum absolute atomic E-state index is 12.9. The molecule has 1 heterocycles. The largest absolute Gasteiger partial charge is 0.359 e. The van der Waals surface area contributed by atoms with Gasteiger partial charge in [-0.2, -0.15) is 0 Å². The zero-order chi connectivity index (χ0) is 20.1. The molecular formula is C22H25N3O3. The molecule has 2 aromatic rings. The van der Waals surface area contributed by atoms with Crippen molar-refractivity contribution in [3.63, 3.8) is 0 Å². The number of nitrogens with zero attached hydrogens (tertiary/aromatic N) is 1. The van der Waals surface area contributed by atoms with Crippen molar-refractivity contribution in [1.29, 1.82) is 0 Å². The second-order valence-electron chi connectivity index (χ2n) is 7.05. The first-order chi connectivity index (χ1) is 13.5. The predicted octanol–water partition coefficient (Wildman–Crippen LogP) is 2.85. The number of piperidine rings is 1. The van der Waals surface area contributed by atoms with Gasteiger partial charge in [-0.25, -0.2) is 0 Å². The van der Waals surface area contributed by atoms with Gasteiger partial charge in [0.15, 0.2) is 0 Å². The first-order valence-electron chi connectivity index (χ1n) is 9.47. The van der Waals surface area contributed by atoms with Gasteiger partial charge in [0, 0.05) is 37.0 Å². The number of hydrogen-bond acceptors (Lipinski definition) is 3. The summed E-state index contributed by atoms with van der Waals surface area (Å²) in [6.07, 6.45) is 1.59. The van der Waals surface area contributed by atoms with Crippen LogP contribution >= 0.6 is 0 Å². The van der Waals surface area contributed by atoms with E-state index < -0.39 is 0 Å². The van der Waals surface area contributed by atoms with E-state index in [1.807, 2.05) is 25.1 Å². The van der Waals surface area contributed by atoms with E-state index in [2.05, 4.69) is 10.6 Å². The molecule has 1 atom stereocenters. The molecule has 2 N–H and O–H groups in total. The maximum Gasteiger partial charge on any atom is 0.255 e. The lowest BCUT2D eigenvalue weighted by Gasteiger charge is -2.32. The van der Waals surface area contributed by atoms with Crippen LogP contribution in [0.15, 0.2) is 48.5 Å². The third-order valence-electron chi connectivity index (χ3n) is 5.08. The standard InChI is InChI=1S/C22H25N3O3/c1-15-7-3-4-11-19(15)21(27)24-18-10-5-8-16(13-18)22(28)25-12-6-9-17(14-25)20(26)23-2/h3-5,7-8,10-11,13,17H,6,9,12,14H2,1-2H3,(H,23,26)(H,24,27)/t17-/m1/s1. The Balaban J connectivity index is 1.72. The molecule has 6 nitrogen and oxygen atoms in total. The molecule has 28 heavy (non-hydrogen) atoms. The summed E-state index contributed by atoms with van der Waals surface area (Å²) in [4.78, 5) is 39.0. The van der Waals surface area contributed by atoms with Crippen LogP contribution in [0, 0.1) is 12.8 Å². The van der Waals surface area contributed by atoms with E-state index in [0.29, 0.717) is 29.9 Å². The summed E-state index contributed by atoms with van der Waals surface area (Å²) in [6, 6.07) is 14.3. The molecule has 2 aromatic carbocycles. The van der Waals surface area contributed by atoms with Crippen LogP contribution in [-0.2, 0) is 4.79 Å². The van der Waals surface area contributed by atoms with Gasteiger partial charge in [0.1, 0.15) is 0 Å². The van der Waals surface area contributed by atoms with Crippen molar-refractivity contribution < 1.29 is 14.4 Å². The van der Waals surface area contributed by atoms with Crippen molar-refractivity contribution in [2.45, 2.75) is 19.8 Å². The number of benzene rings is 2. The van der Waals surface area contributed by atoms with Crippen molar-refractivity contribution in [3.05, 3.63) is 65.2 Å². The van der Waals surface area contributed by atoms with E-state index in [0.717, 1.165) is 18.4 Å². The van der Waals surface area contributed by atoms with Gasteiger partial charge in [0.2, 0.25) is 5.91 Å². The molecule has 0 unspecified atom stereocenters. The third-order valence-corrected chi connectivity index (χ3v) is 5.08. The molecule has 0 aromatic heterocycles. The predicted molar refractivity (Wildman–Crippen MR) is 108 cm³/mol. The van der Waals surface area contributed by atoms with Gasteiger partial charge in [-0.05, 0) is 49.6 Å². The minimum Gasteiger partial charge on any atom is -0.359 e. The Labute approximate surface area is 164 Å². The second kappa shape index (κ2) is 8.69. The Morgan fingerprint density at radius 1 is 1.07 bits per heavy atom. The van der Waals surface area contributed by atoms with Crippen LogP contribution < -0.4 is 10.6 Å². The van der Waals surface area contributed by atoms with E-state index in [1.54, 1.807) is 42.3 Å². The van der Waals surface area contributed by atoms with E-state index >= 15 is 0 Å². The Kier molecular flexibility index (Phi) is 6.09. The number of carbonyl (C=O) groups is 3. The minimum atomic E-state index is -0.208. The summed E-state index contributed by atoms with van der Waals surface area (Å²) in [5.74, 6) is -0.538. The van der Waals surface area contributed by atoms with Gasteiger partial charge in [0.05, 0.1) is 5.92 Å². The van der Waals surface area contributed by atoms with E-state index in [4.69, 9.17) is 0 Å². The number of nitrogens with one attached hydrogen (secondary N) is 2. The molecule has 3 rings (SSSR count). The van der Waals surface area contributed by atoms with Gasteiger partial charge in [-0.3, -0.25) is 14.4 Å². The Bertz CT molecular complexity index is 894. The van der Waals surface area contributed by atoms with Crippen LogP contribution in [0.25, 0.3) is 0 Å². The van der Waals surface area contributed by atoms with Crippen molar-refractivity contribution in [2.24, 2.45) is 5.92 Å². The van der Waals surface area contributed by atoms with Crippen LogP contribution in [0.2, 0.25) is 0 Å². The molecule has 146 valence electrons. The third kappa shape index (κ3) is 4.39. The number of carbonyl (C=O) groups excluding carboxylic acids is 3. The smallest absolute Gasteiger partial charge is 0.255 e. The van der Waals surface area contributed by atoms with Crippen molar-refractivity contribution in [1.82, 2.24) is 10.2 Å². The fraction of sp³-hybridized carbons (Fsp3) is 0.318. The number of hydrogen-bond donors (Lipinski definition) is 2. The SMILES string of the molecule is CNC(=O)[C@@H]1CCCN(C(=O)c2cccc(NC(=O)c3ccccc3C)c2)C1. The van der Waals surface area contributed by atoms with Gasteiger partial charge >= 0.3 is 0 Å². The van der Waals surface area contributed by atoms with E-state index in [9.17, 15) is 14.4 Å². The molecule has 0 radical (unpaired) electrons. The van der Waals surface area contributed by atoms with Crippen LogP contribution in [0.1, 0.15) is 39.1 Å². The Morgan fingerprint density at radius 2 is 1.86 bits per heavy atom. The molecule has 3 amide bonds. The van der Waals surface area contributed by atoms with Gasteiger partial charge in [0.25, 0.3) is 11.8 Å². The highest BCUT2D eigenvalue weighted by Gasteiger charge is 2.28. The molecule has 1 fully saturated rings. The van der Waals surface area contributed by atoms with E-state index in [1.165, 1.54) is 0 Å². The number of aryl methyl sites for hydroxylation is 1. The van der Waals surface area contributed by atoms with Gasteiger partial charge < -0.3 is 15.5 Å². The molecule has 1 aliphatic rings. The highest BCUT2D eigenvalue weighted by atomic mass is 16.2. The maximum atomic E-state index is 12.9. The number of likely N-dealkylation sites (tertiary alicyclic amines) is 1. The molecule has 1 saturated heterocycles. The van der Waals surface area contributed by atoms with Crippen molar-refractivity contribution in [3.8, 4) is 0 Å². The van der Waals surface area contributed by atoms with E-state index in [-0.39, 0.29) is 23.6 Å². The lowest BCUT2D eigenvalue weighted by molar-refractivity contribution is -0.125. The van der Waals surface area contributed by atoms with Crippen LogP contribution in [-0.4, -0.2) is 42.8 Å². The molecule has 1 aliphatic heterocycles. The molecule has 0 spiro atoms. The first-order valence-corrected chi connectivity index (χ1v) is 9.47. The monoisotopic (exact) mass is 379 g/mol. The first kappa shape index (κ1) is 19.6. The van der Waals surface area contributed by atoms with Crippen LogP contribution in [0.5, 0.6) is 0 Å². The molecule has 6 heteroatoms. The van der Waals surface area contributed by atoms with Gasteiger partial charge in [-0.1, -0.05) is 24.3 Å².